The summed E-state index contributed by atoms with van der Waals surface area (Å²) in [4.78, 5) is 0.373. The zero-order valence-corrected chi connectivity index (χ0v) is 13.8. The van der Waals surface area contributed by atoms with Crippen molar-refractivity contribution in [2.45, 2.75) is 50.5 Å². The van der Waals surface area contributed by atoms with Gasteiger partial charge in [-0.05, 0) is 49.3 Å². The highest BCUT2D eigenvalue weighted by Crippen LogP contribution is 2.32. The van der Waals surface area contributed by atoms with Crippen LogP contribution >= 0.6 is 0 Å². The van der Waals surface area contributed by atoms with Crippen LogP contribution in [0.2, 0.25) is 0 Å². The molecule has 1 unspecified atom stereocenters. The molecule has 0 aliphatic heterocycles. The van der Waals surface area contributed by atoms with Gasteiger partial charge < -0.3 is 5.73 Å². The van der Waals surface area contributed by atoms with Gasteiger partial charge in [0.15, 0.2) is 0 Å². The van der Waals surface area contributed by atoms with E-state index in [2.05, 4.69) is 0 Å². The molecule has 0 saturated heterocycles. The third kappa shape index (κ3) is 4.05. The summed E-state index contributed by atoms with van der Waals surface area (Å²) in [5, 5.41) is 0. The standard InChI is InChI=1S/C16H26N2O2S/c1-3-10-18(12-13-8-9-13)21(19,20)15-7-5-6-14(11-15)16(17)4-2/h5-7,11,13,16H,3-4,8-10,12,17H2,1-2H3. The van der Waals surface area contributed by atoms with Crippen LogP contribution in [0.4, 0.5) is 0 Å². The predicted molar refractivity (Wildman–Crippen MR) is 85.4 cm³/mol. The second kappa shape index (κ2) is 6.90. The van der Waals surface area contributed by atoms with Gasteiger partial charge in [0.05, 0.1) is 4.90 Å². The maximum Gasteiger partial charge on any atom is 0.243 e. The van der Waals surface area contributed by atoms with Crippen molar-refractivity contribution in [3.8, 4) is 0 Å². The topological polar surface area (TPSA) is 63.4 Å². The molecular formula is C16H26N2O2S. The van der Waals surface area contributed by atoms with Crippen LogP contribution in [0, 0.1) is 5.92 Å². The van der Waals surface area contributed by atoms with Crippen molar-refractivity contribution in [3.05, 3.63) is 29.8 Å². The number of hydrogen-bond donors (Lipinski definition) is 1. The highest BCUT2D eigenvalue weighted by atomic mass is 32.2. The van der Waals surface area contributed by atoms with Gasteiger partial charge in [-0.15, -0.1) is 0 Å². The van der Waals surface area contributed by atoms with E-state index in [9.17, 15) is 8.42 Å². The Hall–Kier alpha value is -0.910. The molecule has 0 amide bonds. The van der Waals surface area contributed by atoms with Crippen LogP contribution in [0.5, 0.6) is 0 Å². The first kappa shape index (κ1) is 16.5. The van der Waals surface area contributed by atoms with Gasteiger partial charge in [-0.3, -0.25) is 0 Å². The fraction of sp³-hybridized carbons (Fsp3) is 0.625. The molecule has 0 aromatic heterocycles. The molecule has 0 spiro atoms. The number of sulfonamides is 1. The Morgan fingerprint density at radius 3 is 2.62 bits per heavy atom. The maximum atomic E-state index is 12.8. The van der Waals surface area contributed by atoms with Crippen molar-refractivity contribution in [1.82, 2.24) is 4.31 Å². The van der Waals surface area contributed by atoms with Crippen molar-refractivity contribution in [2.75, 3.05) is 13.1 Å². The molecule has 1 atom stereocenters. The molecule has 118 valence electrons. The predicted octanol–water partition coefficient (Wildman–Crippen LogP) is 2.91. The zero-order valence-electron chi connectivity index (χ0n) is 13.0. The van der Waals surface area contributed by atoms with E-state index < -0.39 is 10.0 Å². The quantitative estimate of drug-likeness (QED) is 0.803. The zero-order chi connectivity index (χ0) is 15.5. The van der Waals surface area contributed by atoms with Crippen molar-refractivity contribution in [2.24, 2.45) is 11.7 Å². The van der Waals surface area contributed by atoms with Gasteiger partial charge in [-0.1, -0.05) is 26.0 Å². The lowest BCUT2D eigenvalue weighted by atomic mass is 10.1. The third-order valence-electron chi connectivity index (χ3n) is 4.00. The van der Waals surface area contributed by atoms with E-state index in [0.29, 0.717) is 23.9 Å². The normalized spacial score (nSPS) is 17.1. The molecule has 21 heavy (non-hydrogen) atoms. The summed E-state index contributed by atoms with van der Waals surface area (Å²) in [5.74, 6) is 0.549. The summed E-state index contributed by atoms with van der Waals surface area (Å²) in [6.07, 6.45) is 3.93. The molecule has 4 nitrogen and oxygen atoms in total. The van der Waals surface area contributed by atoms with Gasteiger partial charge in [-0.25, -0.2) is 8.42 Å². The lowest BCUT2D eigenvalue weighted by molar-refractivity contribution is 0.395. The Kier molecular flexibility index (Phi) is 5.41. The van der Waals surface area contributed by atoms with Gasteiger partial charge in [0.25, 0.3) is 0 Å². The van der Waals surface area contributed by atoms with Crippen LogP contribution in [-0.4, -0.2) is 25.8 Å². The molecule has 5 heteroatoms. The smallest absolute Gasteiger partial charge is 0.243 e. The molecular weight excluding hydrogens is 284 g/mol. The minimum Gasteiger partial charge on any atom is -0.324 e. The molecule has 1 fully saturated rings. The number of benzene rings is 1. The average Bonchev–Trinajstić information content (AvgIpc) is 3.30. The first-order valence-electron chi connectivity index (χ1n) is 7.84. The minimum absolute atomic E-state index is 0.108. The summed E-state index contributed by atoms with van der Waals surface area (Å²) >= 11 is 0. The molecule has 1 aromatic carbocycles. The van der Waals surface area contributed by atoms with E-state index in [1.54, 1.807) is 22.5 Å². The minimum atomic E-state index is -3.40. The molecule has 1 aliphatic carbocycles. The SMILES string of the molecule is CCCN(CC1CC1)S(=O)(=O)c1cccc(C(N)CC)c1. The van der Waals surface area contributed by atoms with Crippen molar-refractivity contribution in [3.63, 3.8) is 0 Å². The summed E-state index contributed by atoms with van der Waals surface area (Å²) in [7, 11) is -3.40. The average molecular weight is 310 g/mol. The van der Waals surface area contributed by atoms with Crippen LogP contribution in [0.1, 0.15) is 51.1 Å². The lowest BCUT2D eigenvalue weighted by Gasteiger charge is -2.22. The van der Waals surface area contributed by atoms with Gasteiger partial charge in [0.2, 0.25) is 10.0 Å². The van der Waals surface area contributed by atoms with E-state index >= 15 is 0 Å². The lowest BCUT2D eigenvalue weighted by Crippen LogP contribution is -2.33. The Bertz CT molecular complexity index is 567. The third-order valence-corrected chi connectivity index (χ3v) is 5.86. The molecule has 0 bridgehead atoms. The van der Waals surface area contributed by atoms with E-state index in [0.717, 1.165) is 31.2 Å². The van der Waals surface area contributed by atoms with Gasteiger partial charge >= 0.3 is 0 Å². The van der Waals surface area contributed by atoms with E-state index in [4.69, 9.17) is 5.73 Å². The summed E-state index contributed by atoms with van der Waals surface area (Å²) < 4.78 is 27.3. The highest BCUT2D eigenvalue weighted by Gasteiger charge is 2.31. The number of rotatable bonds is 8. The number of hydrogen-bond acceptors (Lipinski definition) is 3. The molecule has 0 heterocycles. The second-order valence-corrected chi connectivity index (χ2v) is 7.83. The van der Waals surface area contributed by atoms with Crippen LogP contribution in [0.25, 0.3) is 0 Å². The fourth-order valence-corrected chi connectivity index (χ4v) is 4.10. The largest absolute Gasteiger partial charge is 0.324 e. The van der Waals surface area contributed by atoms with Gasteiger partial charge in [-0.2, -0.15) is 4.31 Å². The molecule has 1 saturated carbocycles. The Morgan fingerprint density at radius 1 is 1.33 bits per heavy atom. The van der Waals surface area contributed by atoms with E-state index in [1.165, 1.54) is 0 Å². The fourth-order valence-electron chi connectivity index (χ4n) is 2.44. The van der Waals surface area contributed by atoms with Crippen molar-refractivity contribution >= 4 is 10.0 Å². The highest BCUT2D eigenvalue weighted by molar-refractivity contribution is 7.89. The number of nitrogens with two attached hydrogens (primary N) is 1. The van der Waals surface area contributed by atoms with Gasteiger partial charge in [0, 0.05) is 19.1 Å². The Morgan fingerprint density at radius 2 is 2.05 bits per heavy atom. The van der Waals surface area contributed by atoms with Crippen LogP contribution in [-0.2, 0) is 10.0 Å². The molecule has 1 aliphatic rings. The van der Waals surface area contributed by atoms with Crippen molar-refractivity contribution in [1.29, 1.82) is 0 Å². The monoisotopic (exact) mass is 310 g/mol. The van der Waals surface area contributed by atoms with E-state index in [-0.39, 0.29) is 6.04 Å². The van der Waals surface area contributed by atoms with Gasteiger partial charge in [0.1, 0.15) is 0 Å². The molecule has 1 aromatic rings. The van der Waals surface area contributed by atoms with Crippen LogP contribution in [0.15, 0.2) is 29.2 Å². The summed E-state index contributed by atoms with van der Waals surface area (Å²) in [5.41, 5.74) is 6.91. The Labute approximate surface area is 128 Å². The molecule has 2 N–H and O–H groups in total. The second-order valence-electron chi connectivity index (χ2n) is 5.89. The van der Waals surface area contributed by atoms with Crippen molar-refractivity contribution < 1.29 is 8.42 Å². The summed E-state index contributed by atoms with van der Waals surface area (Å²) in [6, 6.07) is 7.00. The summed E-state index contributed by atoms with van der Waals surface area (Å²) in [6.45, 7) is 5.25. The first-order valence-corrected chi connectivity index (χ1v) is 9.28. The number of nitrogens with zero attached hydrogens (tertiary/aromatic N) is 1. The van der Waals surface area contributed by atoms with Crippen LogP contribution < -0.4 is 5.73 Å². The van der Waals surface area contributed by atoms with Crippen LogP contribution in [0.3, 0.4) is 0 Å². The molecule has 2 rings (SSSR count). The van der Waals surface area contributed by atoms with E-state index in [1.807, 2.05) is 19.9 Å². The maximum absolute atomic E-state index is 12.8. The first-order chi connectivity index (χ1) is 9.98. The molecule has 0 radical (unpaired) electrons. The Balaban J connectivity index is 2.27.